The summed E-state index contributed by atoms with van der Waals surface area (Å²) in [5.41, 5.74) is 0. The first-order chi connectivity index (χ1) is 8.26. The van der Waals surface area contributed by atoms with E-state index in [0.29, 0.717) is 32.8 Å². The molecule has 0 N–H and O–H groups in total. The van der Waals surface area contributed by atoms with Crippen LogP contribution in [0.2, 0.25) is 0 Å². The van der Waals surface area contributed by atoms with E-state index in [0.717, 1.165) is 12.8 Å². The van der Waals surface area contributed by atoms with Gasteiger partial charge in [0.05, 0.1) is 33.5 Å². The van der Waals surface area contributed by atoms with Gasteiger partial charge in [-0.15, -0.1) is 0 Å². The van der Waals surface area contributed by atoms with Gasteiger partial charge in [0.15, 0.2) is 6.10 Å². The Kier molecular flexibility index (Phi) is 11.4. The number of esters is 1. The first-order valence-corrected chi connectivity index (χ1v) is 6.02. The van der Waals surface area contributed by atoms with Gasteiger partial charge in [0, 0.05) is 7.11 Å². The highest BCUT2D eigenvalue weighted by molar-refractivity contribution is 5.74. The van der Waals surface area contributed by atoms with Gasteiger partial charge in [-0.3, -0.25) is 0 Å². The third-order valence-corrected chi connectivity index (χ3v) is 2.26. The van der Waals surface area contributed by atoms with Crippen LogP contribution in [0.25, 0.3) is 0 Å². The summed E-state index contributed by atoms with van der Waals surface area (Å²) in [6.45, 7) is 4.03. The quantitative estimate of drug-likeness (QED) is 0.408. The van der Waals surface area contributed by atoms with E-state index in [2.05, 4.69) is 11.7 Å². The van der Waals surface area contributed by atoms with Gasteiger partial charge in [-0.1, -0.05) is 19.8 Å². The van der Waals surface area contributed by atoms with Gasteiger partial charge in [0.25, 0.3) is 0 Å². The van der Waals surface area contributed by atoms with Gasteiger partial charge in [-0.05, 0) is 6.42 Å². The minimum Gasteiger partial charge on any atom is -0.467 e. The van der Waals surface area contributed by atoms with Crippen LogP contribution in [0.15, 0.2) is 0 Å². The highest BCUT2D eigenvalue weighted by Crippen LogP contribution is 2.06. The van der Waals surface area contributed by atoms with Crippen LogP contribution in [-0.4, -0.2) is 52.7 Å². The first kappa shape index (κ1) is 16.4. The molecular formula is C12H24O5. The van der Waals surface area contributed by atoms with E-state index in [9.17, 15) is 4.79 Å². The van der Waals surface area contributed by atoms with Crippen molar-refractivity contribution < 1.29 is 23.7 Å². The van der Waals surface area contributed by atoms with Gasteiger partial charge in [-0.2, -0.15) is 0 Å². The maximum absolute atomic E-state index is 11.4. The molecule has 5 heteroatoms. The summed E-state index contributed by atoms with van der Waals surface area (Å²) in [5.74, 6) is -0.310. The van der Waals surface area contributed by atoms with Gasteiger partial charge in [0.2, 0.25) is 0 Å². The van der Waals surface area contributed by atoms with Gasteiger partial charge in [-0.25, -0.2) is 4.79 Å². The van der Waals surface area contributed by atoms with Gasteiger partial charge in [0.1, 0.15) is 0 Å². The predicted octanol–water partition coefficient (Wildman–Crippen LogP) is 1.40. The predicted molar refractivity (Wildman–Crippen MR) is 64.0 cm³/mol. The van der Waals surface area contributed by atoms with Gasteiger partial charge >= 0.3 is 5.97 Å². The average Bonchev–Trinajstić information content (AvgIpc) is 2.36. The number of hydrogen-bond donors (Lipinski definition) is 0. The third-order valence-electron chi connectivity index (χ3n) is 2.26. The van der Waals surface area contributed by atoms with Crippen LogP contribution in [0.4, 0.5) is 0 Å². The Morgan fingerprint density at radius 3 is 2.41 bits per heavy atom. The van der Waals surface area contributed by atoms with Crippen molar-refractivity contribution in [1.82, 2.24) is 0 Å². The van der Waals surface area contributed by atoms with Gasteiger partial charge < -0.3 is 18.9 Å². The van der Waals surface area contributed by atoms with Crippen LogP contribution >= 0.6 is 0 Å². The SMILES string of the molecule is CCCCC(OCCOCCOC)C(=O)OC. The number of carbonyl (C=O) groups is 1. The number of rotatable bonds is 11. The summed E-state index contributed by atoms with van der Waals surface area (Å²) in [4.78, 5) is 11.4. The number of hydrogen-bond acceptors (Lipinski definition) is 5. The van der Waals surface area contributed by atoms with Crippen molar-refractivity contribution in [2.45, 2.75) is 32.3 Å². The smallest absolute Gasteiger partial charge is 0.334 e. The number of methoxy groups -OCH3 is 2. The molecule has 0 aromatic heterocycles. The Hall–Kier alpha value is -0.650. The second kappa shape index (κ2) is 11.8. The highest BCUT2D eigenvalue weighted by Gasteiger charge is 2.18. The first-order valence-electron chi connectivity index (χ1n) is 6.02. The van der Waals surface area contributed by atoms with Crippen molar-refractivity contribution in [3.8, 4) is 0 Å². The molecule has 0 radical (unpaired) electrons. The summed E-state index contributed by atoms with van der Waals surface area (Å²) < 4.78 is 20.2. The lowest BCUT2D eigenvalue weighted by atomic mass is 10.1. The minimum atomic E-state index is -0.467. The Balaban J connectivity index is 3.64. The molecule has 5 nitrogen and oxygen atoms in total. The van der Waals surface area contributed by atoms with Crippen molar-refractivity contribution in [2.75, 3.05) is 40.6 Å². The molecule has 0 heterocycles. The molecule has 1 atom stereocenters. The summed E-state index contributed by atoms with van der Waals surface area (Å²) >= 11 is 0. The number of ether oxygens (including phenoxy) is 4. The number of carbonyl (C=O) groups excluding carboxylic acids is 1. The Morgan fingerprint density at radius 2 is 1.82 bits per heavy atom. The van der Waals surface area contributed by atoms with Crippen molar-refractivity contribution in [3.63, 3.8) is 0 Å². The average molecular weight is 248 g/mol. The van der Waals surface area contributed by atoms with Crippen molar-refractivity contribution in [2.24, 2.45) is 0 Å². The molecule has 0 aliphatic rings. The largest absolute Gasteiger partial charge is 0.467 e. The fourth-order valence-electron chi connectivity index (χ4n) is 1.28. The molecule has 0 amide bonds. The van der Waals surface area contributed by atoms with Crippen LogP contribution in [-0.2, 0) is 23.7 Å². The normalized spacial score (nSPS) is 12.4. The third kappa shape index (κ3) is 9.09. The standard InChI is InChI=1S/C12H24O5/c1-4-5-6-11(12(13)15-3)17-10-9-16-8-7-14-2/h11H,4-10H2,1-3H3. The van der Waals surface area contributed by atoms with Crippen molar-refractivity contribution in [3.05, 3.63) is 0 Å². The summed E-state index contributed by atoms with van der Waals surface area (Å²) in [5, 5.41) is 0. The molecule has 0 saturated heterocycles. The zero-order valence-electron chi connectivity index (χ0n) is 11.1. The molecule has 0 aliphatic heterocycles. The van der Waals surface area contributed by atoms with E-state index >= 15 is 0 Å². The van der Waals surface area contributed by atoms with Crippen LogP contribution in [0.3, 0.4) is 0 Å². The molecule has 0 spiro atoms. The fourth-order valence-corrected chi connectivity index (χ4v) is 1.28. The van der Waals surface area contributed by atoms with Crippen molar-refractivity contribution in [1.29, 1.82) is 0 Å². The maximum Gasteiger partial charge on any atom is 0.334 e. The van der Waals surface area contributed by atoms with E-state index in [1.807, 2.05) is 0 Å². The van der Waals surface area contributed by atoms with Crippen LogP contribution in [0.1, 0.15) is 26.2 Å². The summed E-state index contributed by atoms with van der Waals surface area (Å²) in [7, 11) is 3.00. The lowest BCUT2D eigenvalue weighted by Gasteiger charge is -2.15. The molecule has 17 heavy (non-hydrogen) atoms. The second-order valence-corrected chi connectivity index (χ2v) is 3.63. The van der Waals surface area contributed by atoms with Crippen molar-refractivity contribution >= 4 is 5.97 Å². The molecule has 0 rings (SSSR count). The molecule has 0 aliphatic carbocycles. The molecule has 1 unspecified atom stereocenters. The summed E-state index contributed by atoms with van der Waals surface area (Å²) in [6, 6.07) is 0. The zero-order valence-corrected chi connectivity index (χ0v) is 11.1. The topological polar surface area (TPSA) is 54.0 Å². The van der Waals surface area contributed by atoms with Crippen LogP contribution < -0.4 is 0 Å². The monoisotopic (exact) mass is 248 g/mol. The Labute approximate surface area is 103 Å². The fraction of sp³-hybridized carbons (Fsp3) is 0.917. The van der Waals surface area contributed by atoms with E-state index in [1.165, 1.54) is 7.11 Å². The van der Waals surface area contributed by atoms with Crippen LogP contribution in [0.5, 0.6) is 0 Å². The molecule has 102 valence electrons. The molecule has 0 fully saturated rings. The summed E-state index contributed by atoms with van der Waals surface area (Å²) in [6.07, 6.45) is 2.21. The zero-order chi connectivity index (χ0) is 12.9. The van der Waals surface area contributed by atoms with Crippen LogP contribution in [0, 0.1) is 0 Å². The molecule has 0 saturated carbocycles. The highest BCUT2D eigenvalue weighted by atomic mass is 16.6. The minimum absolute atomic E-state index is 0.310. The molecular weight excluding hydrogens is 224 g/mol. The number of unbranched alkanes of at least 4 members (excludes halogenated alkanes) is 1. The maximum atomic E-state index is 11.4. The Bertz CT molecular complexity index is 184. The lowest BCUT2D eigenvalue weighted by Crippen LogP contribution is -2.27. The van der Waals surface area contributed by atoms with E-state index in [-0.39, 0.29) is 5.97 Å². The molecule has 0 aromatic rings. The lowest BCUT2D eigenvalue weighted by molar-refractivity contribution is -0.155. The van der Waals surface area contributed by atoms with E-state index in [4.69, 9.17) is 14.2 Å². The molecule has 0 aromatic carbocycles. The molecule has 0 bridgehead atoms. The van der Waals surface area contributed by atoms with E-state index < -0.39 is 6.10 Å². The Morgan fingerprint density at radius 1 is 1.12 bits per heavy atom. The second-order valence-electron chi connectivity index (χ2n) is 3.63. The van der Waals surface area contributed by atoms with E-state index in [1.54, 1.807) is 7.11 Å².